The minimum absolute atomic E-state index is 0.0793. The van der Waals surface area contributed by atoms with E-state index in [1.54, 1.807) is 25.1 Å². The van der Waals surface area contributed by atoms with Crippen LogP contribution in [-0.4, -0.2) is 28.2 Å². The third-order valence-electron chi connectivity index (χ3n) is 4.81. The molecule has 1 aromatic heterocycles. The largest absolute Gasteiger partial charge is 0.508 e. The number of fused-ring (bicyclic) bond motifs is 3. The molecule has 0 bridgehead atoms. The molecule has 2 N–H and O–H groups in total. The maximum Gasteiger partial charge on any atom is 0.359 e. The molecular formula is C21H18Cl2N4O4P2. The summed E-state index contributed by atoms with van der Waals surface area (Å²) in [5.74, 6) is -0.995. The lowest BCUT2D eigenvalue weighted by molar-refractivity contribution is -0.119. The van der Waals surface area contributed by atoms with E-state index in [1.165, 1.54) is 16.7 Å². The highest BCUT2D eigenvalue weighted by Crippen LogP contribution is 2.53. The van der Waals surface area contributed by atoms with Crippen molar-refractivity contribution in [2.45, 2.75) is 20.0 Å². The molecule has 1 amide bonds. The number of nitrogens with one attached hydrogen (secondary N) is 1. The Hall–Kier alpha value is -2.50. The first kappa shape index (κ1) is 23.7. The zero-order valence-corrected chi connectivity index (χ0v) is 20.8. The first-order valence-electron chi connectivity index (χ1n) is 9.83. The first-order chi connectivity index (χ1) is 15.8. The molecule has 2 heterocycles. The van der Waals surface area contributed by atoms with Crippen LogP contribution in [0.2, 0.25) is 0 Å². The Morgan fingerprint density at radius 2 is 2.00 bits per heavy atom. The number of aromatic nitrogens is 1. The predicted molar refractivity (Wildman–Crippen MR) is 132 cm³/mol. The lowest BCUT2D eigenvalue weighted by Gasteiger charge is -2.16. The molecule has 0 unspecified atom stereocenters. The fourth-order valence-electron chi connectivity index (χ4n) is 3.39. The van der Waals surface area contributed by atoms with Gasteiger partial charge in [0.05, 0.1) is 28.7 Å². The standard InChI is InChI=1S/C21H18Cl2N4O4P2/c1-3-31-20(30)19-27-16(21(32-19)33(22)23)14-10-11(2)4-9-15(14)24-18(29)17(27)26-25-12-5-7-13(28)8-6-12/h4-10,17,28H,3H2,1-2H3,(H,24,29)/t17-/m1/s1. The van der Waals surface area contributed by atoms with Crippen LogP contribution in [0.4, 0.5) is 11.4 Å². The number of azo groups is 1. The SMILES string of the molecule is CCOC(=O)c1pc(P(Cl)Cl)c2n1[C@@H](N=Nc1ccc(O)cc1)C(=O)Nc1ccc(C)cc1-2. The summed E-state index contributed by atoms with van der Waals surface area (Å²) in [6.45, 7) is 2.14. The van der Waals surface area contributed by atoms with E-state index in [2.05, 4.69) is 15.5 Å². The van der Waals surface area contributed by atoms with Crippen LogP contribution in [0.25, 0.3) is 11.3 Å². The first-order valence-corrected chi connectivity index (χ1v) is 13.9. The number of anilines is 1. The van der Waals surface area contributed by atoms with Gasteiger partial charge in [0.2, 0.25) is 6.17 Å². The van der Waals surface area contributed by atoms with Crippen molar-refractivity contribution in [1.82, 2.24) is 4.57 Å². The minimum atomic E-state index is -1.64. The zero-order valence-electron chi connectivity index (χ0n) is 17.5. The molecule has 170 valence electrons. The summed E-state index contributed by atoms with van der Waals surface area (Å²) in [5.41, 5.74) is 3.35. The lowest BCUT2D eigenvalue weighted by atomic mass is 10.1. The Morgan fingerprint density at radius 1 is 1.27 bits per heavy atom. The van der Waals surface area contributed by atoms with Gasteiger partial charge in [-0.3, -0.25) is 9.36 Å². The molecule has 0 saturated heterocycles. The van der Waals surface area contributed by atoms with Gasteiger partial charge in [-0.25, -0.2) is 4.79 Å². The molecule has 1 atom stereocenters. The monoisotopic (exact) mass is 522 g/mol. The van der Waals surface area contributed by atoms with Gasteiger partial charge < -0.3 is 15.2 Å². The minimum Gasteiger partial charge on any atom is -0.508 e. The molecule has 0 aliphatic carbocycles. The number of phenols is 1. The van der Waals surface area contributed by atoms with Crippen LogP contribution in [0, 0.1) is 6.92 Å². The molecule has 1 aliphatic rings. The number of rotatable bonds is 5. The smallest absolute Gasteiger partial charge is 0.359 e. The Balaban J connectivity index is 1.97. The van der Waals surface area contributed by atoms with Gasteiger partial charge in [0.1, 0.15) is 12.4 Å². The number of ether oxygens (including phenoxy) is 1. The number of hydrogen-bond donors (Lipinski definition) is 2. The molecule has 0 radical (unpaired) electrons. The molecule has 4 rings (SSSR count). The third kappa shape index (κ3) is 4.75. The number of benzene rings is 2. The molecule has 2 aromatic carbocycles. The fraction of sp³-hybridized carbons (Fsp3) is 0.190. The van der Waals surface area contributed by atoms with Crippen molar-refractivity contribution in [3.63, 3.8) is 0 Å². The third-order valence-corrected chi connectivity index (χ3v) is 9.00. The van der Waals surface area contributed by atoms with Crippen LogP contribution < -0.4 is 10.4 Å². The molecule has 1 aliphatic heterocycles. The second-order valence-electron chi connectivity index (χ2n) is 7.07. The highest BCUT2D eigenvalue weighted by atomic mass is 35.9. The number of nitrogens with zero attached hydrogens (tertiary/aromatic N) is 3. The summed E-state index contributed by atoms with van der Waals surface area (Å²) < 4.78 is 6.77. The molecule has 0 spiro atoms. The average molecular weight is 523 g/mol. The van der Waals surface area contributed by atoms with Crippen molar-refractivity contribution in [3.05, 3.63) is 53.5 Å². The van der Waals surface area contributed by atoms with Gasteiger partial charge in [-0.2, -0.15) is 10.2 Å². The Labute approximate surface area is 202 Å². The summed E-state index contributed by atoms with van der Waals surface area (Å²) in [6, 6.07) is 11.6. The number of aromatic hydroxyl groups is 1. The summed E-state index contributed by atoms with van der Waals surface area (Å²) in [6.07, 6.45) is -1.21. The molecule has 8 nitrogen and oxygen atoms in total. The summed E-state index contributed by atoms with van der Waals surface area (Å²) in [7, 11) is 0.451. The van der Waals surface area contributed by atoms with Crippen molar-refractivity contribution in [2.75, 3.05) is 11.9 Å². The van der Waals surface area contributed by atoms with Crippen molar-refractivity contribution in [2.24, 2.45) is 10.2 Å². The van der Waals surface area contributed by atoms with Gasteiger partial charge in [0.25, 0.3) is 5.91 Å². The van der Waals surface area contributed by atoms with E-state index in [9.17, 15) is 14.7 Å². The van der Waals surface area contributed by atoms with E-state index in [0.29, 0.717) is 35.9 Å². The van der Waals surface area contributed by atoms with E-state index in [1.807, 2.05) is 19.1 Å². The Kier molecular flexibility index (Phi) is 7.01. The predicted octanol–water partition coefficient (Wildman–Crippen LogP) is 6.58. The van der Waals surface area contributed by atoms with Crippen molar-refractivity contribution < 1.29 is 19.4 Å². The van der Waals surface area contributed by atoms with E-state index in [4.69, 9.17) is 27.2 Å². The number of carbonyl (C=O) groups is 2. The number of carbonyl (C=O) groups excluding carboxylic acids is 2. The summed E-state index contributed by atoms with van der Waals surface area (Å²) >= 11 is 12.7. The number of phenolic OH excluding ortho intramolecular Hbond substituents is 1. The number of hydrogen-bond acceptors (Lipinski definition) is 6. The number of esters is 1. The average Bonchev–Trinajstić information content (AvgIpc) is 3.12. The van der Waals surface area contributed by atoms with E-state index >= 15 is 0 Å². The van der Waals surface area contributed by atoms with Crippen molar-refractivity contribution in [3.8, 4) is 17.0 Å². The summed E-state index contributed by atoms with van der Waals surface area (Å²) in [5, 5.41) is 21.4. The van der Waals surface area contributed by atoms with Crippen LogP contribution in [0.5, 0.6) is 5.75 Å². The quantitative estimate of drug-likeness (QED) is 0.224. The van der Waals surface area contributed by atoms with E-state index in [-0.39, 0.29) is 17.8 Å². The van der Waals surface area contributed by atoms with E-state index < -0.39 is 24.7 Å². The van der Waals surface area contributed by atoms with Crippen molar-refractivity contribution in [1.29, 1.82) is 0 Å². The zero-order chi connectivity index (χ0) is 23.7. The van der Waals surface area contributed by atoms with Crippen LogP contribution in [-0.2, 0) is 9.53 Å². The molecule has 0 fully saturated rings. The maximum absolute atomic E-state index is 13.3. The highest BCUT2D eigenvalue weighted by molar-refractivity contribution is 8.11. The van der Waals surface area contributed by atoms with Crippen LogP contribution >= 0.6 is 37.3 Å². The number of amides is 1. The Morgan fingerprint density at radius 3 is 2.67 bits per heavy atom. The highest BCUT2D eigenvalue weighted by Gasteiger charge is 2.37. The topological polar surface area (TPSA) is 105 Å². The molecule has 12 heteroatoms. The van der Waals surface area contributed by atoms with Gasteiger partial charge in [-0.15, -0.1) is 0 Å². The maximum atomic E-state index is 13.3. The lowest BCUT2D eigenvalue weighted by Crippen LogP contribution is -2.25. The molecule has 33 heavy (non-hydrogen) atoms. The van der Waals surface area contributed by atoms with E-state index in [0.717, 1.165) is 5.56 Å². The van der Waals surface area contributed by atoms with Gasteiger partial charge in [0.15, 0.2) is 5.43 Å². The van der Waals surface area contributed by atoms with Gasteiger partial charge in [-0.1, -0.05) is 34.1 Å². The molecular weight excluding hydrogens is 505 g/mol. The van der Waals surface area contributed by atoms with Crippen LogP contribution in [0.1, 0.15) is 28.9 Å². The fourth-order valence-corrected chi connectivity index (χ4v) is 6.53. The number of halogens is 2. The molecule has 0 saturated carbocycles. The number of aryl methyl sites for hydroxylation is 1. The van der Waals surface area contributed by atoms with Gasteiger partial charge >= 0.3 is 5.97 Å². The normalized spacial score (nSPS) is 15.4. The second-order valence-corrected chi connectivity index (χ2v) is 12.0. The van der Waals surface area contributed by atoms with Crippen LogP contribution in [0.15, 0.2) is 52.7 Å². The molecule has 3 aromatic rings. The second kappa shape index (κ2) is 9.78. The van der Waals surface area contributed by atoms with Crippen molar-refractivity contribution >= 4 is 65.6 Å². The summed E-state index contributed by atoms with van der Waals surface area (Å²) in [4.78, 5) is 26.2. The van der Waals surface area contributed by atoms with Crippen LogP contribution in [0.3, 0.4) is 0 Å². The van der Waals surface area contributed by atoms with Gasteiger partial charge in [0, 0.05) is 5.56 Å². The van der Waals surface area contributed by atoms with Gasteiger partial charge in [-0.05, 0) is 58.4 Å². The Bertz CT molecular complexity index is 1260.